The van der Waals surface area contributed by atoms with E-state index >= 15 is 0 Å². The number of fused-ring (bicyclic) bond motifs is 6. The van der Waals surface area contributed by atoms with Crippen molar-refractivity contribution in [3.05, 3.63) is 29.3 Å². The van der Waals surface area contributed by atoms with Crippen molar-refractivity contribution in [1.29, 1.82) is 0 Å². The molecule has 0 unspecified atom stereocenters. The van der Waals surface area contributed by atoms with E-state index in [4.69, 9.17) is 14.2 Å². The van der Waals surface area contributed by atoms with Crippen LogP contribution in [-0.4, -0.2) is 26.1 Å². The highest BCUT2D eigenvalue weighted by molar-refractivity contribution is 5.40. The van der Waals surface area contributed by atoms with Gasteiger partial charge in [0.25, 0.3) is 0 Å². The summed E-state index contributed by atoms with van der Waals surface area (Å²) in [5.74, 6) is 2.92. The van der Waals surface area contributed by atoms with E-state index in [9.17, 15) is 0 Å². The van der Waals surface area contributed by atoms with E-state index in [1.807, 2.05) is 0 Å². The maximum atomic E-state index is 6.46. The van der Waals surface area contributed by atoms with Gasteiger partial charge in [0.05, 0.1) is 20.3 Å². The van der Waals surface area contributed by atoms with Crippen LogP contribution in [0.1, 0.15) is 68.9 Å². The van der Waals surface area contributed by atoms with Crippen molar-refractivity contribution in [2.45, 2.75) is 70.0 Å². The minimum absolute atomic E-state index is 0.183. The molecular weight excluding hydrogens is 324 g/mol. The molecule has 3 fully saturated rings. The Labute approximate surface area is 157 Å². The Morgan fingerprint density at radius 3 is 2.62 bits per heavy atom. The normalized spacial score (nSPS) is 38.2. The van der Waals surface area contributed by atoms with Crippen LogP contribution < -0.4 is 4.74 Å². The molecule has 0 N–H and O–H groups in total. The van der Waals surface area contributed by atoms with Crippen LogP contribution in [0.5, 0.6) is 5.75 Å². The largest absolute Gasteiger partial charge is 0.497 e. The number of rotatable bonds is 1. The average molecular weight is 357 g/mol. The van der Waals surface area contributed by atoms with E-state index in [1.165, 1.54) is 37.7 Å². The van der Waals surface area contributed by atoms with Crippen molar-refractivity contribution in [3.63, 3.8) is 0 Å². The third-order valence-electron chi connectivity index (χ3n) is 8.19. The fraction of sp³-hybridized carbons (Fsp3) is 0.739. The lowest BCUT2D eigenvalue weighted by atomic mass is 9.55. The van der Waals surface area contributed by atoms with Gasteiger partial charge in [-0.1, -0.05) is 13.0 Å². The van der Waals surface area contributed by atoms with Crippen LogP contribution >= 0.6 is 0 Å². The summed E-state index contributed by atoms with van der Waals surface area (Å²) in [6.07, 6.45) is 9.63. The lowest BCUT2D eigenvalue weighted by Gasteiger charge is -2.53. The third kappa shape index (κ3) is 2.32. The molecule has 142 valence electrons. The molecule has 1 aromatic rings. The van der Waals surface area contributed by atoms with E-state index in [1.54, 1.807) is 12.7 Å². The second kappa shape index (κ2) is 6.24. The van der Waals surface area contributed by atoms with Gasteiger partial charge in [0.15, 0.2) is 5.79 Å². The van der Waals surface area contributed by atoms with Crippen molar-refractivity contribution in [1.82, 2.24) is 0 Å². The van der Waals surface area contributed by atoms with Crippen LogP contribution in [0, 0.1) is 17.3 Å². The van der Waals surface area contributed by atoms with Crippen molar-refractivity contribution < 1.29 is 14.2 Å². The molecule has 4 atom stereocenters. The smallest absolute Gasteiger partial charge is 0.173 e. The van der Waals surface area contributed by atoms with Gasteiger partial charge in [-0.3, -0.25) is 0 Å². The Morgan fingerprint density at radius 1 is 1.04 bits per heavy atom. The van der Waals surface area contributed by atoms with Gasteiger partial charge in [0.1, 0.15) is 5.75 Å². The molecule has 0 bridgehead atoms. The van der Waals surface area contributed by atoms with Crippen molar-refractivity contribution in [3.8, 4) is 5.75 Å². The molecule has 5 rings (SSSR count). The fourth-order valence-electron chi connectivity index (χ4n) is 6.84. The molecule has 1 heterocycles. The van der Waals surface area contributed by atoms with Crippen molar-refractivity contribution in [2.75, 3.05) is 20.3 Å². The number of aryl methyl sites for hydroxylation is 1. The van der Waals surface area contributed by atoms with Gasteiger partial charge in [-0.25, -0.2) is 0 Å². The standard InChI is InChI=1S/C23H32O3/c1-22-11-9-19-18-8-6-17(24-2)15-16(18)5-7-20(19)21(22)10-12-23(22)25-13-3-4-14-26-23/h6,8,15,19-21H,3-5,7,9-14H2,1-2H3/t19-,20-,21+,22+/m1/s1. The van der Waals surface area contributed by atoms with Gasteiger partial charge in [0, 0.05) is 11.8 Å². The first-order chi connectivity index (χ1) is 12.7. The second-order valence-corrected chi connectivity index (χ2v) is 9.13. The van der Waals surface area contributed by atoms with Crippen LogP contribution in [0.15, 0.2) is 18.2 Å². The zero-order chi connectivity index (χ0) is 17.8. The first-order valence-corrected chi connectivity index (χ1v) is 10.6. The molecule has 1 aliphatic heterocycles. The summed E-state index contributed by atoms with van der Waals surface area (Å²) in [5, 5.41) is 0. The lowest BCUT2D eigenvalue weighted by Crippen LogP contribution is -2.53. The number of hydrogen-bond donors (Lipinski definition) is 0. The first kappa shape index (κ1) is 17.1. The van der Waals surface area contributed by atoms with Crippen molar-refractivity contribution >= 4 is 0 Å². The Hall–Kier alpha value is -1.06. The van der Waals surface area contributed by atoms with Crippen LogP contribution in [-0.2, 0) is 15.9 Å². The highest BCUT2D eigenvalue weighted by atomic mass is 16.7. The molecule has 26 heavy (non-hydrogen) atoms. The maximum Gasteiger partial charge on any atom is 0.173 e. The molecule has 1 aromatic carbocycles. The van der Waals surface area contributed by atoms with Crippen LogP contribution in [0.3, 0.4) is 0 Å². The van der Waals surface area contributed by atoms with Gasteiger partial charge < -0.3 is 14.2 Å². The topological polar surface area (TPSA) is 27.7 Å². The maximum absolute atomic E-state index is 6.46. The highest BCUT2D eigenvalue weighted by Crippen LogP contribution is 2.65. The quantitative estimate of drug-likeness (QED) is 0.703. The monoisotopic (exact) mass is 356 g/mol. The van der Waals surface area contributed by atoms with Crippen LogP contribution in [0.2, 0.25) is 0 Å². The summed E-state index contributed by atoms with van der Waals surface area (Å²) in [6.45, 7) is 4.23. The molecule has 0 radical (unpaired) electrons. The predicted molar refractivity (Wildman–Crippen MR) is 101 cm³/mol. The Bertz CT molecular complexity index is 676. The minimum Gasteiger partial charge on any atom is -0.497 e. The lowest BCUT2D eigenvalue weighted by molar-refractivity contribution is -0.288. The number of ether oxygens (including phenoxy) is 3. The molecule has 2 saturated carbocycles. The number of methoxy groups -OCH3 is 1. The Kier molecular flexibility index (Phi) is 4.09. The molecular formula is C23H32O3. The number of benzene rings is 1. The SMILES string of the molecule is COc1ccc2c(c1)CC[C@@H]1[C@@H]2CC[C@@]2(C)[C@H]1CCC21OCCCCO1. The van der Waals surface area contributed by atoms with Crippen LogP contribution in [0.4, 0.5) is 0 Å². The summed E-state index contributed by atoms with van der Waals surface area (Å²) in [6, 6.07) is 6.77. The second-order valence-electron chi connectivity index (χ2n) is 9.13. The summed E-state index contributed by atoms with van der Waals surface area (Å²) < 4.78 is 18.4. The van der Waals surface area contributed by atoms with Crippen LogP contribution in [0.25, 0.3) is 0 Å². The first-order valence-electron chi connectivity index (χ1n) is 10.6. The average Bonchev–Trinajstić information content (AvgIpc) is 2.82. The Morgan fingerprint density at radius 2 is 1.85 bits per heavy atom. The fourth-order valence-corrected chi connectivity index (χ4v) is 6.84. The molecule has 0 amide bonds. The van der Waals surface area contributed by atoms with Gasteiger partial charge >= 0.3 is 0 Å². The van der Waals surface area contributed by atoms with Gasteiger partial charge in [-0.15, -0.1) is 0 Å². The molecule has 1 saturated heterocycles. The summed E-state index contributed by atoms with van der Waals surface area (Å²) >= 11 is 0. The molecule has 4 aliphatic rings. The summed E-state index contributed by atoms with van der Waals surface area (Å²) in [7, 11) is 1.77. The highest BCUT2D eigenvalue weighted by Gasteiger charge is 2.64. The van der Waals surface area contributed by atoms with Gasteiger partial charge in [0.2, 0.25) is 0 Å². The van der Waals surface area contributed by atoms with E-state index in [2.05, 4.69) is 25.1 Å². The van der Waals surface area contributed by atoms with Gasteiger partial charge in [-0.05, 0) is 86.0 Å². The number of hydrogen-bond acceptors (Lipinski definition) is 3. The molecule has 1 spiro atoms. The Balaban J connectivity index is 1.46. The molecule has 3 nitrogen and oxygen atoms in total. The predicted octanol–water partition coefficient (Wildman–Crippen LogP) is 5.07. The molecule has 3 aliphatic carbocycles. The van der Waals surface area contributed by atoms with E-state index < -0.39 is 0 Å². The zero-order valence-corrected chi connectivity index (χ0v) is 16.3. The zero-order valence-electron chi connectivity index (χ0n) is 16.3. The third-order valence-corrected chi connectivity index (χ3v) is 8.19. The summed E-state index contributed by atoms with van der Waals surface area (Å²) in [5.41, 5.74) is 3.29. The van der Waals surface area contributed by atoms with Crippen molar-refractivity contribution in [2.24, 2.45) is 17.3 Å². The molecule has 3 heteroatoms. The van der Waals surface area contributed by atoms with Gasteiger partial charge in [-0.2, -0.15) is 0 Å². The molecule has 0 aromatic heterocycles. The van der Waals surface area contributed by atoms with E-state index in [0.717, 1.165) is 50.1 Å². The minimum atomic E-state index is -0.306. The van der Waals surface area contributed by atoms with E-state index in [-0.39, 0.29) is 11.2 Å². The summed E-state index contributed by atoms with van der Waals surface area (Å²) in [4.78, 5) is 0. The van der Waals surface area contributed by atoms with E-state index in [0.29, 0.717) is 5.92 Å².